The Morgan fingerprint density at radius 3 is 2.50 bits per heavy atom. The van der Waals surface area contributed by atoms with Gasteiger partial charge in [-0.25, -0.2) is 0 Å². The van der Waals surface area contributed by atoms with Crippen LogP contribution in [0.4, 0.5) is 0 Å². The molecule has 1 saturated heterocycles. The first-order valence-corrected chi connectivity index (χ1v) is 7.54. The first-order valence-electron chi connectivity index (χ1n) is 7.54. The lowest BCUT2D eigenvalue weighted by atomic mass is 9.78. The molecular weight excluding hydrogens is 226 g/mol. The van der Waals surface area contributed by atoms with Crippen molar-refractivity contribution in [3.05, 3.63) is 0 Å². The zero-order valence-corrected chi connectivity index (χ0v) is 11.8. The summed E-state index contributed by atoms with van der Waals surface area (Å²) in [5.41, 5.74) is 0. The van der Waals surface area contributed by atoms with Crippen molar-refractivity contribution in [1.29, 1.82) is 0 Å². The van der Waals surface area contributed by atoms with Gasteiger partial charge in [0, 0.05) is 25.7 Å². The molecule has 0 aromatic rings. The van der Waals surface area contributed by atoms with Gasteiger partial charge in [0.2, 0.25) is 5.91 Å². The van der Waals surface area contributed by atoms with Crippen molar-refractivity contribution in [2.24, 2.45) is 17.8 Å². The van der Waals surface area contributed by atoms with E-state index in [1.807, 2.05) is 0 Å². The second-order valence-electron chi connectivity index (χ2n) is 6.27. The van der Waals surface area contributed by atoms with Crippen LogP contribution in [0.15, 0.2) is 0 Å². The van der Waals surface area contributed by atoms with Gasteiger partial charge in [0.15, 0.2) is 0 Å². The van der Waals surface area contributed by atoms with Crippen LogP contribution >= 0.6 is 0 Å². The van der Waals surface area contributed by atoms with E-state index in [0.29, 0.717) is 30.2 Å². The average Bonchev–Trinajstić information content (AvgIpc) is 2.35. The van der Waals surface area contributed by atoms with Crippen LogP contribution < -0.4 is 5.32 Å². The molecule has 2 fully saturated rings. The largest absolute Gasteiger partial charge is 0.381 e. The van der Waals surface area contributed by atoms with Gasteiger partial charge in [0.05, 0.1) is 0 Å². The summed E-state index contributed by atoms with van der Waals surface area (Å²) >= 11 is 0. The number of ether oxygens (including phenoxy) is 1. The van der Waals surface area contributed by atoms with E-state index in [9.17, 15) is 4.79 Å². The fraction of sp³-hybridized carbons (Fsp3) is 0.933. The molecule has 3 nitrogen and oxygen atoms in total. The molecule has 18 heavy (non-hydrogen) atoms. The molecule has 1 N–H and O–H groups in total. The molecule has 1 heterocycles. The van der Waals surface area contributed by atoms with E-state index in [4.69, 9.17) is 4.74 Å². The maximum absolute atomic E-state index is 12.1. The minimum absolute atomic E-state index is 0.233. The van der Waals surface area contributed by atoms with Crippen molar-refractivity contribution < 1.29 is 9.53 Å². The lowest BCUT2D eigenvalue weighted by Gasteiger charge is -2.35. The highest BCUT2D eigenvalue weighted by molar-refractivity contribution is 5.76. The van der Waals surface area contributed by atoms with Gasteiger partial charge in [-0.3, -0.25) is 4.79 Å². The number of carbonyl (C=O) groups is 1. The van der Waals surface area contributed by atoms with Crippen LogP contribution in [0.2, 0.25) is 0 Å². The van der Waals surface area contributed by atoms with Crippen LogP contribution in [-0.2, 0) is 9.53 Å². The summed E-state index contributed by atoms with van der Waals surface area (Å²) in [6.07, 6.45) is 6.71. The van der Waals surface area contributed by atoms with E-state index in [1.54, 1.807) is 0 Å². The first-order chi connectivity index (χ1) is 8.66. The third kappa shape index (κ3) is 3.71. The predicted molar refractivity (Wildman–Crippen MR) is 72.3 cm³/mol. The van der Waals surface area contributed by atoms with Crippen LogP contribution in [0.25, 0.3) is 0 Å². The Morgan fingerprint density at radius 2 is 1.89 bits per heavy atom. The Balaban J connectivity index is 1.78. The third-order valence-electron chi connectivity index (χ3n) is 4.60. The SMILES string of the molecule is C[C@@H]1CCC[C@@H](C)C1NC(=O)C[C@@H]1CCCOC1. The molecule has 3 heteroatoms. The van der Waals surface area contributed by atoms with E-state index in [1.165, 1.54) is 19.3 Å². The van der Waals surface area contributed by atoms with Crippen LogP contribution in [-0.4, -0.2) is 25.2 Å². The summed E-state index contributed by atoms with van der Waals surface area (Å²) in [6.45, 7) is 6.17. The highest BCUT2D eigenvalue weighted by atomic mass is 16.5. The number of rotatable bonds is 3. The van der Waals surface area contributed by atoms with Crippen LogP contribution in [0.5, 0.6) is 0 Å². The summed E-state index contributed by atoms with van der Waals surface area (Å²) < 4.78 is 5.44. The smallest absolute Gasteiger partial charge is 0.220 e. The topological polar surface area (TPSA) is 38.3 Å². The van der Waals surface area contributed by atoms with Gasteiger partial charge >= 0.3 is 0 Å². The first kappa shape index (κ1) is 13.9. The van der Waals surface area contributed by atoms with Gasteiger partial charge < -0.3 is 10.1 Å². The second kappa shape index (κ2) is 6.55. The molecule has 1 aliphatic carbocycles. The molecule has 1 amide bonds. The van der Waals surface area contributed by atoms with Crippen molar-refractivity contribution in [1.82, 2.24) is 5.32 Å². The molecular formula is C15H27NO2. The van der Waals surface area contributed by atoms with Crippen LogP contribution in [0.1, 0.15) is 52.4 Å². The Kier molecular flexibility index (Phi) is 5.04. The summed E-state index contributed by atoms with van der Waals surface area (Å²) in [4.78, 5) is 12.1. The minimum Gasteiger partial charge on any atom is -0.381 e. The van der Waals surface area contributed by atoms with E-state index in [-0.39, 0.29) is 5.91 Å². The predicted octanol–water partition coefficient (Wildman–Crippen LogP) is 2.74. The molecule has 0 aromatic carbocycles. The van der Waals surface area contributed by atoms with Gasteiger partial charge in [-0.2, -0.15) is 0 Å². The summed E-state index contributed by atoms with van der Waals surface area (Å²) in [7, 11) is 0. The number of carbonyl (C=O) groups excluding carboxylic acids is 1. The zero-order valence-electron chi connectivity index (χ0n) is 11.8. The lowest BCUT2D eigenvalue weighted by Crippen LogP contribution is -2.46. The van der Waals surface area contributed by atoms with E-state index in [0.717, 1.165) is 26.1 Å². The quantitative estimate of drug-likeness (QED) is 0.840. The van der Waals surface area contributed by atoms with Crippen molar-refractivity contribution >= 4 is 5.91 Å². The van der Waals surface area contributed by atoms with E-state index in [2.05, 4.69) is 19.2 Å². The van der Waals surface area contributed by atoms with E-state index < -0.39 is 0 Å². The fourth-order valence-corrected chi connectivity index (χ4v) is 3.44. The molecule has 2 rings (SSSR count). The fourth-order valence-electron chi connectivity index (χ4n) is 3.44. The normalized spacial score (nSPS) is 34.2. The van der Waals surface area contributed by atoms with Crippen molar-refractivity contribution in [2.45, 2.75) is 58.4 Å². The number of nitrogens with one attached hydrogen (secondary N) is 1. The lowest BCUT2D eigenvalue weighted by molar-refractivity contribution is -0.124. The molecule has 2 aliphatic rings. The van der Waals surface area contributed by atoms with Crippen LogP contribution in [0, 0.1) is 17.8 Å². The minimum atomic E-state index is 0.233. The van der Waals surface area contributed by atoms with Gasteiger partial charge in [-0.15, -0.1) is 0 Å². The standard InChI is InChI=1S/C15H27NO2/c1-11-5-3-6-12(2)15(11)16-14(17)9-13-7-4-8-18-10-13/h11-13,15H,3-10H2,1-2H3,(H,16,17)/t11-,12-,13+/m1/s1. The maximum atomic E-state index is 12.1. The molecule has 104 valence electrons. The van der Waals surface area contributed by atoms with Crippen molar-refractivity contribution in [2.75, 3.05) is 13.2 Å². The van der Waals surface area contributed by atoms with Gasteiger partial charge in [0.25, 0.3) is 0 Å². The highest BCUT2D eigenvalue weighted by Crippen LogP contribution is 2.29. The van der Waals surface area contributed by atoms with E-state index >= 15 is 0 Å². The van der Waals surface area contributed by atoms with Crippen LogP contribution in [0.3, 0.4) is 0 Å². The summed E-state index contributed by atoms with van der Waals surface area (Å²) in [6, 6.07) is 0.385. The third-order valence-corrected chi connectivity index (χ3v) is 4.60. The Hall–Kier alpha value is -0.570. The number of amides is 1. The molecule has 0 radical (unpaired) electrons. The van der Waals surface area contributed by atoms with Crippen molar-refractivity contribution in [3.63, 3.8) is 0 Å². The van der Waals surface area contributed by atoms with Gasteiger partial charge in [-0.05, 0) is 43.4 Å². The molecule has 3 atom stereocenters. The monoisotopic (exact) mass is 253 g/mol. The number of hydrogen-bond acceptors (Lipinski definition) is 2. The summed E-state index contributed by atoms with van der Waals surface area (Å²) in [5, 5.41) is 3.27. The second-order valence-corrected chi connectivity index (χ2v) is 6.27. The van der Waals surface area contributed by atoms with Gasteiger partial charge in [0.1, 0.15) is 0 Å². The molecule has 1 saturated carbocycles. The maximum Gasteiger partial charge on any atom is 0.220 e. The Bertz CT molecular complexity index is 264. The summed E-state index contributed by atoms with van der Waals surface area (Å²) in [5.74, 6) is 1.92. The van der Waals surface area contributed by atoms with Crippen molar-refractivity contribution in [3.8, 4) is 0 Å². The Morgan fingerprint density at radius 1 is 1.17 bits per heavy atom. The van der Waals surface area contributed by atoms with Gasteiger partial charge in [-0.1, -0.05) is 20.3 Å². The molecule has 0 bridgehead atoms. The Labute approximate surface area is 111 Å². The average molecular weight is 253 g/mol. The molecule has 0 aromatic heterocycles. The molecule has 0 spiro atoms. The highest BCUT2D eigenvalue weighted by Gasteiger charge is 2.29. The zero-order chi connectivity index (χ0) is 13.0. The molecule has 0 unspecified atom stereocenters. The number of hydrogen-bond donors (Lipinski definition) is 1. The molecule has 1 aliphatic heterocycles.